The second-order valence-electron chi connectivity index (χ2n) is 5.05. The fourth-order valence-corrected chi connectivity index (χ4v) is 1.90. The van der Waals surface area contributed by atoms with Gasteiger partial charge in [-0.3, -0.25) is 0 Å². The van der Waals surface area contributed by atoms with Gasteiger partial charge in [-0.25, -0.2) is 4.40 Å². The van der Waals surface area contributed by atoms with Gasteiger partial charge in [0, 0.05) is 11.0 Å². The molecule has 94 valence electrons. The quantitative estimate of drug-likeness (QED) is 0.594. The highest BCUT2D eigenvalue weighted by Crippen LogP contribution is 2.26. The van der Waals surface area contributed by atoms with Crippen LogP contribution in [0.3, 0.4) is 0 Å². The summed E-state index contributed by atoms with van der Waals surface area (Å²) in [6, 6.07) is 4.04. The van der Waals surface area contributed by atoms with E-state index < -0.39 is 0 Å². The average molecular weight is 251 g/mol. The highest BCUT2D eigenvalue weighted by atomic mass is 32.2. The van der Waals surface area contributed by atoms with Crippen molar-refractivity contribution in [1.82, 2.24) is 0 Å². The third-order valence-corrected chi connectivity index (χ3v) is 3.28. The highest BCUT2D eigenvalue weighted by molar-refractivity contribution is 7.99. The SMILES string of the molecule is COc1ccc(/C=N/SC(C)(C)C)c(C)c1C. The predicted octanol–water partition coefficient (Wildman–Crippen LogP) is 4.18. The monoisotopic (exact) mass is 251 g/mol. The van der Waals surface area contributed by atoms with Crippen LogP contribution in [0.5, 0.6) is 5.75 Å². The van der Waals surface area contributed by atoms with Gasteiger partial charge in [0.1, 0.15) is 5.75 Å². The van der Waals surface area contributed by atoms with Crippen molar-refractivity contribution in [2.24, 2.45) is 4.40 Å². The first-order valence-electron chi connectivity index (χ1n) is 5.71. The maximum atomic E-state index is 5.29. The van der Waals surface area contributed by atoms with Crippen LogP contribution in [0.1, 0.15) is 37.5 Å². The van der Waals surface area contributed by atoms with Crippen LogP contribution in [-0.2, 0) is 0 Å². The van der Waals surface area contributed by atoms with E-state index in [1.807, 2.05) is 18.3 Å². The van der Waals surface area contributed by atoms with Crippen LogP contribution in [0.25, 0.3) is 0 Å². The summed E-state index contributed by atoms with van der Waals surface area (Å²) < 4.78 is 9.87. The molecule has 2 nitrogen and oxygen atoms in total. The zero-order valence-corrected chi connectivity index (χ0v) is 12.3. The molecule has 0 aliphatic heterocycles. The third kappa shape index (κ3) is 4.08. The van der Waals surface area contributed by atoms with Gasteiger partial charge in [0.25, 0.3) is 0 Å². The summed E-state index contributed by atoms with van der Waals surface area (Å²) in [4.78, 5) is 0. The van der Waals surface area contributed by atoms with E-state index >= 15 is 0 Å². The molecule has 0 heterocycles. The van der Waals surface area contributed by atoms with E-state index in [9.17, 15) is 0 Å². The second-order valence-corrected chi connectivity index (χ2v) is 6.66. The molecule has 3 heteroatoms. The maximum absolute atomic E-state index is 5.29. The number of rotatable bonds is 3. The molecule has 0 saturated carbocycles. The van der Waals surface area contributed by atoms with Crippen LogP contribution in [-0.4, -0.2) is 18.1 Å². The van der Waals surface area contributed by atoms with Gasteiger partial charge in [-0.2, -0.15) is 0 Å². The molecule has 0 N–H and O–H groups in total. The first-order chi connectivity index (χ1) is 7.85. The van der Waals surface area contributed by atoms with Crippen LogP contribution in [0.4, 0.5) is 0 Å². The normalized spacial score (nSPS) is 12.1. The lowest BCUT2D eigenvalue weighted by molar-refractivity contribution is 0.411. The van der Waals surface area contributed by atoms with Crippen molar-refractivity contribution >= 4 is 18.2 Å². The molecule has 0 bridgehead atoms. The Hall–Kier alpha value is -0.960. The van der Waals surface area contributed by atoms with E-state index in [-0.39, 0.29) is 4.75 Å². The minimum atomic E-state index is 0.159. The van der Waals surface area contributed by atoms with Crippen LogP contribution >= 0.6 is 11.9 Å². The Labute approximate surface area is 109 Å². The molecule has 0 radical (unpaired) electrons. The van der Waals surface area contributed by atoms with Gasteiger partial charge in [-0.1, -0.05) is 0 Å². The van der Waals surface area contributed by atoms with Crippen molar-refractivity contribution in [2.75, 3.05) is 7.11 Å². The number of nitrogens with zero attached hydrogens (tertiary/aromatic N) is 1. The Morgan fingerprint density at radius 2 is 1.82 bits per heavy atom. The third-order valence-electron chi connectivity index (χ3n) is 2.52. The van der Waals surface area contributed by atoms with Gasteiger partial charge in [-0.05, 0) is 75.4 Å². The van der Waals surface area contributed by atoms with Crippen LogP contribution in [0.2, 0.25) is 0 Å². The molecular weight excluding hydrogens is 230 g/mol. The number of hydrogen-bond acceptors (Lipinski definition) is 3. The van der Waals surface area contributed by atoms with Crippen LogP contribution in [0.15, 0.2) is 16.5 Å². The molecule has 0 atom stereocenters. The van der Waals surface area contributed by atoms with Gasteiger partial charge in [-0.15, -0.1) is 0 Å². The van der Waals surface area contributed by atoms with Crippen molar-refractivity contribution < 1.29 is 4.74 Å². The molecule has 17 heavy (non-hydrogen) atoms. The lowest BCUT2D eigenvalue weighted by atomic mass is 10.0. The number of benzene rings is 1. The topological polar surface area (TPSA) is 21.6 Å². The van der Waals surface area contributed by atoms with Gasteiger partial charge >= 0.3 is 0 Å². The molecule has 1 rings (SSSR count). The van der Waals surface area contributed by atoms with Crippen molar-refractivity contribution in [1.29, 1.82) is 0 Å². The Morgan fingerprint density at radius 3 is 2.35 bits per heavy atom. The summed E-state index contributed by atoms with van der Waals surface area (Å²) in [7, 11) is 1.70. The van der Waals surface area contributed by atoms with Gasteiger partial charge < -0.3 is 4.74 Å². The van der Waals surface area contributed by atoms with E-state index in [0.717, 1.165) is 11.3 Å². The predicted molar refractivity (Wildman–Crippen MR) is 77.4 cm³/mol. The average Bonchev–Trinajstić information content (AvgIpc) is 2.23. The molecule has 0 amide bonds. The Kier molecular flexibility index (Phi) is 4.63. The number of ether oxygens (including phenoxy) is 1. The van der Waals surface area contributed by atoms with Crippen molar-refractivity contribution in [3.63, 3.8) is 0 Å². The van der Waals surface area contributed by atoms with E-state index in [1.165, 1.54) is 11.1 Å². The highest BCUT2D eigenvalue weighted by Gasteiger charge is 2.09. The molecule has 0 fully saturated rings. The Bertz CT molecular complexity index is 419. The lowest BCUT2D eigenvalue weighted by Crippen LogP contribution is -2.05. The van der Waals surface area contributed by atoms with Gasteiger partial charge in [0.05, 0.1) is 7.11 Å². The smallest absolute Gasteiger partial charge is 0.122 e. The lowest BCUT2D eigenvalue weighted by Gasteiger charge is -2.13. The molecule has 0 unspecified atom stereocenters. The summed E-state index contributed by atoms with van der Waals surface area (Å²) in [5.41, 5.74) is 3.56. The van der Waals surface area contributed by atoms with Crippen molar-refractivity contribution in [2.45, 2.75) is 39.4 Å². The molecular formula is C14H21NOS. The molecule has 0 aromatic heterocycles. The molecule has 0 aliphatic rings. The Morgan fingerprint density at radius 1 is 1.18 bits per heavy atom. The Balaban J connectivity index is 2.90. The zero-order valence-electron chi connectivity index (χ0n) is 11.5. The molecule has 0 saturated heterocycles. The molecule has 0 aliphatic carbocycles. The van der Waals surface area contributed by atoms with Crippen LogP contribution in [0, 0.1) is 13.8 Å². The maximum Gasteiger partial charge on any atom is 0.122 e. The number of hydrogen-bond donors (Lipinski definition) is 0. The standard InChI is InChI=1S/C14H21NOS/c1-10-11(2)13(16-6)8-7-12(10)9-15-17-14(3,4)5/h7-9H,1-6H3/b15-9+. The molecule has 1 aromatic carbocycles. The minimum Gasteiger partial charge on any atom is -0.496 e. The van der Waals surface area contributed by atoms with Crippen molar-refractivity contribution in [3.8, 4) is 5.75 Å². The summed E-state index contributed by atoms with van der Waals surface area (Å²) >= 11 is 1.59. The first kappa shape index (κ1) is 14.1. The van der Waals surface area contributed by atoms with Crippen LogP contribution < -0.4 is 4.74 Å². The van der Waals surface area contributed by atoms with Gasteiger partial charge in [0.15, 0.2) is 0 Å². The summed E-state index contributed by atoms with van der Waals surface area (Å²) in [5.74, 6) is 0.933. The minimum absolute atomic E-state index is 0.159. The molecule has 0 spiro atoms. The fourth-order valence-electron chi connectivity index (χ4n) is 1.42. The van der Waals surface area contributed by atoms with E-state index in [2.05, 4.69) is 39.0 Å². The molecule has 1 aromatic rings. The summed E-state index contributed by atoms with van der Waals surface area (Å²) in [5, 5.41) is 0. The van der Waals surface area contributed by atoms with E-state index in [1.54, 1.807) is 19.1 Å². The van der Waals surface area contributed by atoms with E-state index in [0.29, 0.717) is 0 Å². The largest absolute Gasteiger partial charge is 0.496 e. The first-order valence-corrected chi connectivity index (χ1v) is 6.48. The van der Waals surface area contributed by atoms with Gasteiger partial charge in [0.2, 0.25) is 0 Å². The summed E-state index contributed by atoms with van der Waals surface area (Å²) in [6.07, 6.45) is 1.93. The van der Waals surface area contributed by atoms with Crippen molar-refractivity contribution in [3.05, 3.63) is 28.8 Å². The number of methoxy groups -OCH3 is 1. The summed E-state index contributed by atoms with van der Waals surface area (Å²) in [6.45, 7) is 10.6. The van der Waals surface area contributed by atoms with E-state index in [4.69, 9.17) is 4.74 Å². The fraction of sp³-hybridized carbons (Fsp3) is 0.500. The zero-order chi connectivity index (χ0) is 13.1. The second kappa shape index (κ2) is 5.58.